The first-order valence-corrected chi connectivity index (χ1v) is 10.5. The molecule has 166 valence electrons. The maximum atomic E-state index is 14.7. The normalized spacial score (nSPS) is 18.8. The zero-order valence-corrected chi connectivity index (χ0v) is 17.9. The van der Waals surface area contributed by atoms with Crippen LogP contribution in [0.15, 0.2) is 71.7 Å². The van der Waals surface area contributed by atoms with Crippen LogP contribution >= 0.6 is 11.6 Å². The van der Waals surface area contributed by atoms with Gasteiger partial charge in [0.1, 0.15) is 5.82 Å². The molecule has 1 saturated carbocycles. The lowest BCUT2D eigenvalue weighted by molar-refractivity contribution is -0.122. The molecule has 2 amide bonds. The third kappa shape index (κ3) is 4.78. The topological polar surface area (TPSA) is 104 Å². The van der Waals surface area contributed by atoms with Crippen molar-refractivity contribution >= 4 is 34.8 Å². The van der Waals surface area contributed by atoms with Crippen LogP contribution in [-0.4, -0.2) is 16.4 Å². The molecule has 3 atom stereocenters. The van der Waals surface area contributed by atoms with Crippen molar-refractivity contribution in [2.45, 2.75) is 6.42 Å². The summed E-state index contributed by atoms with van der Waals surface area (Å²) in [5.41, 5.74) is 0.432. The van der Waals surface area contributed by atoms with E-state index in [0.29, 0.717) is 16.4 Å². The zero-order chi connectivity index (χ0) is 23.5. The predicted octanol–water partition coefficient (Wildman–Crippen LogP) is 3.98. The van der Waals surface area contributed by atoms with Gasteiger partial charge in [-0.1, -0.05) is 17.7 Å². The van der Waals surface area contributed by atoms with Gasteiger partial charge in [0.25, 0.3) is 5.56 Å². The Morgan fingerprint density at radius 2 is 1.73 bits per heavy atom. The number of carbonyl (C=O) groups excluding carboxylic acids is 2. The van der Waals surface area contributed by atoms with Crippen LogP contribution in [0.1, 0.15) is 6.42 Å². The van der Waals surface area contributed by atoms with Gasteiger partial charge in [-0.15, -0.1) is 0 Å². The standard InChI is InChI=1S/C24H18ClFN4O3/c25-14-4-6-15(7-5-14)28-23(32)21-17(10-11-27)22(21)24(33)29-19-9-8-16(13-18(19)26)30-12-2-1-3-20(30)31/h1-9,12-13,17,21-22H,10H2,(H,28,32)(H,29,33)/t17?,21-,22+/m0/s1. The number of halogens is 2. The SMILES string of the molecule is N#CCC1[C@@H](C(=O)Nc2ccc(-n3ccccc3=O)cc2F)[C@H]1C(=O)Nc1ccc(Cl)cc1. The smallest absolute Gasteiger partial charge is 0.255 e. The Balaban J connectivity index is 1.47. The van der Waals surface area contributed by atoms with E-state index >= 15 is 0 Å². The minimum Gasteiger partial charge on any atom is -0.326 e. The molecule has 0 spiro atoms. The number of nitrogens with zero attached hydrogens (tertiary/aromatic N) is 2. The number of amides is 2. The van der Waals surface area contributed by atoms with Crippen molar-refractivity contribution in [3.05, 3.63) is 88.1 Å². The summed E-state index contributed by atoms with van der Waals surface area (Å²) >= 11 is 5.85. The Bertz CT molecular complexity index is 1320. The number of anilines is 2. The number of nitrogens with one attached hydrogen (secondary N) is 2. The van der Waals surface area contributed by atoms with Gasteiger partial charge < -0.3 is 10.6 Å². The maximum absolute atomic E-state index is 14.7. The lowest BCUT2D eigenvalue weighted by Crippen LogP contribution is -2.21. The number of nitriles is 1. The Morgan fingerprint density at radius 3 is 2.36 bits per heavy atom. The zero-order valence-electron chi connectivity index (χ0n) is 17.2. The molecule has 0 radical (unpaired) electrons. The minimum atomic E-state index is -0.757. The largest absolute Gasteiger partial charge is 0.326 e. The summed E-state index contributed by atoms with van der Waals surface area (Å²) in [6, 6.07) is 17.1. The number of aromatic nitrogens is 1. The van der Waals surface area contributed by atoms with Crippen LogP contribution in [0.2, 0.25) is 5.02 Å². The van der Waals surface area contributed by atoms with Crippen molar-refractivity contribution in [2.24, 2.45) is 17.8 Å². The lowest BCUT2D eigenvalue weighted by atomic mass is 10.2. The molecule has 4 rings (SSSR count). The van der Waals surface area contributed by atoms with Crippen LogP contribution in [0.3, 0.4) is 0 Å². The second kappa shape index (κ2) is 9.27. The van der Waals surface area contributed by atoms with Crippen molar-refractivity contribution in [1.29, 1.82) is 5.26 Å². The molecule has 1 fully saturated rings. The third-order valence-corrected chi connectivity index (χ3v) is 5.78. The average Bonchev–Trinajstić information content (AvgIpc) is 3.51. The Kier molecular flexibility index (Phi) is 6.24. The second-order valence-electron chi connectivity index (χ2n) is 7.64. The molecule has 1 aliphatic carbocycles. The highest BCUT2D eigenvalue weighted by Crippen LogP contribution is 2.49. The average molecular weight is 465 g/mol. The van der Waals surface area contributed by atoms with Crippen LogP contribution in [0.4, 0.5) is 15.8 Å². The molecule has 0 saturated heterocycles. The van der Waals surface area contributed by atoms with Crippen LogP contribution in [0, 0.1) is 34.9 Å². The van der Waals surface area contributed by atoms with Gasteiger partial charge in [0.05, 0.1) is 29.3 Å². The number of hydrogen-bond donors (Lipinski definition) is 2. The van der Waals surface area contributed by atoms with E-state index in [0.717, 1.165) is 6.07 Å². The van der Waals surface area contributed by atoms with Gasteiger partial charge in [-0.2, -0.15) is 5.26 Å². The molecule has 1 aromatic heterocycles. The number of carbonyl (C=O) groups is 2. The van der Waals surface area contributed by atoms with Gasteiger partial charge in [0.2, 0.25) is 11.8 Å². The van der Waals surface area contributed by atoms with Crippen molar-refractivity contribution < 1.29 is 14.0 Å². The maximum Gasteiger partial charge on any atom is 0.255 e. The van der Waals surface area contributed by atoms with E-state index in [1.165, 1.54) is 29.0 Å². The van der Waals surface area contributed by atoms with Gasteiger partial charge in [0.15, 0.2) is 0 Å². The molecule has 1 aliphatic rings. The summed E-state index contributed by atoms with van der Waals surface area (Å²) < 4.78 is 15.9. The number of hydrogen-bond acceptors (Lipinski definition) is 4. The molecule has 0 aliphatic heterocycles. The first-order valence-electron chi connectivity index (χ1n) is 10.1. The summed E-state index contributed by atoms with van der Waals surface area (Å²) in [4.78, 5) is 37.4. The second-order valence-corrected chi connectivity index (χ2v) is 8.07. The fraction of sp³-hybridized carbons (Fsp3) is 0.167. The molecule has 2 N–H and O–H groups in total. The molecule has 1 unspecified atom stereocenters. The fourth-order valence-electron chi connectivity index (χ4n) is 3.82. The number of pyridine rings is 1. The van der Waals surface area contributed by atoms with Gasteiger partial charge in [-0.05, 0) is 48.4 Å². The highest BCUT2D eigenvalue weighted by molar-refractivity contribution is 6.30. The summed E-state index contributed by atoms with van der Waals surface area (Å²) in [6.07, 6.45) is 1.53. The minimum absolute atomic E-state index is 0.0230. The highest BCUT2D eigenvalue weighted by Gasteiger charge is 2.58. The number of benzene rings is 2. The van der Waals surface area contributed by atoms with Gasteiger partial charge in [-0.25, -0.2) is 4.39 Å². The summed E-state index contributed by atoms with van der Waals surface area (Å²) in [6.45, 7) is 0. The fourth-order valence-corrected chi connectivity index (χ4v) is 3.95. The van der Waals surface area contributed by atoms with Crippen LogP contribution < -0.4 is 16.2 Å². The Labute approximate surface area is 193 Å². The number of rotatable bonds is 6. The van der Waals surface area contributed by atoms with Crippen molar-refractivity contribution in [3.8, 4) is 11.8 Å². The van der Waals surface area contributed by atoms with Gasteiger partial charge in [-0.3, -0.25) is 19.0 Å². The van der Waals surface area contributed by atoms with Gasteiger partial charge >= 0.3 is 0 Å². The first-order chi connectivity index (χ1) is 15.9. The summed E-state index contributed by atoms with van der Waals surface area (Å²) in [5, 5.41) is 14.8. The Hall–Kier alpha value is -3.96. The van der Waals surface area contributed by atoms with Crippen molar-refractivity contribution in [1.82, 2.24) is 4.57 Å². The van der Waals surface area contributed by atoms with Crippen molar-refractivity contribution in [3.63, 3.8) is 0 Å². The molecule has 2 aromatic carbocycles. The van der Waals surface area contributed by atoms with E-state index in [2.05, 4.69) is 10.6 Å². The molecular weight excluding hydrogens is 447 g/mol. The molecule has 7 nitrogen and oxygen atoms in total. The molecule has 1 heterocycles. The molecule has 33 heavy (non-hydrogen) atoms. The predicted molar refractivity (Wildman–Crippen MR) is 121 cm³/mol. The van der Waals surface area contributed by atoms with E-state index in [4.69, 9.17) is 16.9 Å². The Morgan fingerprint density at radius 1 is 1.03 bits per heavy atom. The van der Waals surface area contributed by atoms with E-state index < -0.39 is 35.4 Å². The van der Waals surface area contributed by atoms with Crippen LogP contribution in [0.5, 0.6) is 0 Å². The van der Waals surface area contributed by atoms with Crippen molar-refractivity contribution in [2.75, 3.05) is 10.6 Å². The lowest BCUT2D eigenvalue weighted by Gasteiger charge is -2.10. The molecular formula is C24H18ClFN4O3. The third-order valence-electron chi connectivity index (χ3n) is 5.52. The monoisotopic (exact) mass is 464 g/mol. The quantitative estimate of drug-likeness (QED) is 0.575. The summed E-state index contributed by atoms with van der Waals surface area (Å²) in [5.74, 6) is -3.59. The van der Waals surface area contributed by atoms with E-state index in [-0.39, 0.29) is 17.7 Å². The van der Waals surface area contributed by atoms with E-state index in [1.54, 1.807) is 36.4 Å². The van der Waals surface area contributed by atoms with E-state index in [1.807, 2.05) is 6.07 Å². The molecule has 0 bridgehead atoms. The summed E-state index contributed by atoms with van der Waals surface area (Å²) in [7, 11) is 0. The van der Waals surface area contributed by atoms with Crippen LogP contribution in [-0.2, 0) is 9.59 Å². The van der Waals surface area contributed by atoms with Crippen LogP contribution in [0.25, 0.3) is 5.69 Å². The van der Waals surface area contributed by atoms with Gasteiger partial charge in [0, 0.05) is 35.5 Å². The molecule has 9 heteroatoms. The highest BCUT2D eigenvalue weighted by atomic mass is 35.5. The first kappa shape index (κ1) is 22.2. The molecule has 3 aromatic rings. The van der Waals surface area contributed by atoms with E-state index in [9.17, 15) is 18.8 Å².